The highest BCUT2D eigenvalue weighted by molar-refractivity contribution is 5.26. The normalized spacial score (nSPS) is 18.8. The minimum atomic E-state index is 0.652. The largest absolute Gasteiger partial charge is 0.362 e. The maximum absolute atomic E-state index is 4.79. The second-order valence-corrected chi connectivity index (χ2v) is 6.54. The first-order chi connectivity index (χ1) is 10.2. The molecule has 0 atom stereocenters. The van der Waals surface area contributed by atoms with E-state index in [0.29, 0.717) is 5.92 Å². The highest BCUT2D eigenvalue weighted by atomic mass is 15.1. The van der Waals surface area contributed by atoms with Crippen molar-refractivity contribution in [1.29, 1.82) is 0 Å². The van der Waals surface area contributed by atoms with E-state index in [2.05, 4.69) is 41.0 Å². The number of fused-ring (bicyclic) bond motifs is 1. The number of hydrogen-bond donors (Lipinski definition) is 1. The Kier molecular flexibility index (Phi) is 3.07. The third kappa shape index (κ3) is 2.60. The van der Waals surface area contributed by atoms with Crippen LogP contribution in [0.5, 0.6) is 0 Å². The van der Waals surface area contributed by atoms with Crippen molar-refractivity contribution < 1.29 is 0 Å². The van der Waals surface area contributed by atoms with Gasteiger partial charge in [0.2, 0.25) is 0 Å². The van der Waals surface area contributed by atoms with Crippen LogP contribution in [0.4, 0.5) is 0 Å². The van der Waals surface area contributed by atoms with Crippen LogP contribution in [0.15, 0.2) is 12.3 Å². The molecule has 1 N–H and O–H groups in total. The molecule has 2 aliphatic rings. The number of nitrogens with zero attached hydrogens (tertiary/aromatic N) is 3. The van der Waals surface area contributed by atoms with E-state index in [4.69, 9.17) is 4.98 Å². The van der Waals surface area contributed by atoms with Gasteiger partial charge in [-0.3, -0.25) is 4.90 Å². The first kappa shape index (κ1) is 13.0. The first-order valence-electron chi connectivity index (χ1n) is 7.91. The first-order valence-corrected chi connectivity index (χ1v) is 7.91. The van der Waals surface area contributed by atoms with Crippen LogP contribution in [-0.2, 0) is 19.5 Å². The van der Waals surface area contributed by atoms with Gasteiger partial charge in [-0.25, -0.2) is 9.97 Å². The molecule has 0 unspecified atom stereocenters. The molecule has 1 fully saturated rings. The summed E-state index contributed by atoms with van der Waals surface area (Å²) in [5, 5.41) is 0. The summed E-state index contributed by atoms with van der Waals surface area (Å²) < 4.78 is 0. The Morgan fingerprint density at radius 2 is 2.19 bits per heavy atom. The molecule has 0 saturated heterocycles. The van der Waals surface area contributed by atoms with Gasteiger partial charge in [-0.2, -0.15) is 0 Å². The maximum Gasteiger partial charge on any atom is 0.131 e. The predicted molar refractivity (Wildman–Crippen MR) is 82.1 cm³/mol. The zero-order chi connectivity index (χ0) is 14.4. The zero-order valence-corrected chi connectivity index (χ0v) is 12.8. The van der Waals surface area contributed by atoms with Gasteiger partial charge < -0.3 is 4.98 Å². The Balaban J connectivity index is 1.50. The number of H-pyrrole nitrogens is 1. The summed E-state index contributed by atoms with van der Waals surface area (Å²) in [5.41, 5.74) is 6.54. The number of aromatic nitrogens is 3. The topological polar surface area (TPSA) is 44.8 Å². The van der Waals surface area contributed by atoms with Gasteiger partial charge >= 0.3 is 0 Å². The van der Waals surface area contributed by atoms with E-state index in [0.717, 1.165) is 31.9 Å². The summed E-state index contributed by atoms with van der Waals surface area (Å²) >= 11 is 0. The van der Waals surface area contributed by atoms with Crippen molar-refractivity contribution in [3.05, 3.63) is 46.3 Å². The molecule has 2 aromatic heterocycles. The van der Waals surface area contributed by atoms with Crippen LogP contribution < -0.4 is 0 Å². The lowest BCUT2D eigenvalue weighted by molar-refractivity contribution is 0.242. The van der Waals surface area contributed by atoms with Gasteiger partial charge in [0.1, 0.15) is 5.82 Å². The zero-order valence-electron chi connectivity index (χ0n) is 12.8. The van der Waals surface area contributed by atoms with Gasteiger partial charge in [-0.1, -0.05) is 0 Å². The van der Waals surface area contributed by atoms with E-state index >= 15 is 0 Å². The van der Waals surface area contributed by atoms with Crippen LogP contribution in [0.2, 0.25) is 0 Å². The fourth-order valence-electron chi connectivity index (χ4n) is 3.25. The van der Waals surface area contributed by atoms with Crippen LogP contribution in [0.25, 0.3) is 0 Å². The van der Waals surface area contributed by atoms with Crippen LogP contribution in [0, 0.1) is 13.8 Å². The van der Waals surface area contributed by atoms with Gasteiger partial charge in [0.25, 0.3) is 0 Å². The third-order valence-corrected chi connectivity index (χ3v) is 4.63. The van der Waals surface area contributed by atoms with Crippen LogP contribution >= 0.6 is 0 Å². The molecule has 2 aromatic rings. The van der Waals surface area contributed by atoms with E-state index in [9.17, 15) is 0 Å². The Bertz CT molecular complexity index is 669. The fourth-order valence-corrected chi connectivity index (χ4v) is 3.25. The average molecular weight is 282 g/mol. The Morgan fingerprint density at radius 1 is 1.33 bits per heavy atom. The maximum atomic E-state index is 4.79. The van der Waals surface area contributed by atoms with Gasteiger partial charge in [0.05, 0.1) is 0 Å². The summed E-state index contributed by atoms with van der Waals surface area (Å²) in [6, 6.07) is 2.26. The molecule has 0 amide bonds. The summed E-state index contributed by atoms with van der Waals surface area (Å²) in [4.78, 5) is 15.3. The molecule has 1 aliphatic carbocycles. The molecule has 0 aromatic carbocycles. The van der Waals surface area contributed by atoms with Gasteiger partial charge in [0, 0.05) is 60.8 Å². The van der Waals surface area contributed by atoms with Gasteiger partial charge in [-0.05, 0) is 38.3 Å². The van der Waals surface area contributed by atoms with Crippen molar-refractivity contribution in [2.45, 2.75) is 52.1 Å². The minimum Gasteiger partial charge on any atom is -0.362 e. The number of hydrogen-bond acceptors (Lipinski definition) is 3. The third-order valence-electron chi connectivity index (χ3n) is 4.63. The standard InChI is InChI=1S/C17H22N4/c1-11-7-14(12(2)19-11)9-21-6-5-16-15(10-21)8-18-17(20-16)13-3-4-13/h7-8,13,19H,3-6,9-10H2,1-2H3. The number of aromatic amines is 1. The molecule has 21 heavy (non-hydrogen) atoms. The molecular formula is C17H22N4. The van der Waals surface area contributed by atoms with E-state index in [-0.39, 0.29) is 0 Å². The summed E-state index contributed by atoms with van der Waals surface area (Å²) in [6.45, 7) is 7.36. The predicted octanol–water partition coefficient (Wildman–Crippen LogP) is 2.86. The van der Waals surface area contributed by atoms with E-state index in [1.54, 1.807) is 0 Å². The van der Waals surface area contributed by atoms with Crippen molar-refractivity contribution in [3.8, 4) is 0 Å². The smallest absolute Gasteiger partial charge is 0.131 e. The van der Waals surface area contributed by atoms with Crippen LogP contribution in [-0.4, -0.2) is 26.4 Å². The highest BCUT2D eigenvalue weighted by Crippen LogP contribution is 2.38. The molecule has 110 valence electrons. The molecule has 4 rings (SSSR count). The Hall–Kier alpha value is -1.68. The molecular weight excluding hydrogens is 260 g/mol. The van der Waals surface area contributed by atoms with Crippen LogP contribution in [0.1, 0.15) is 52.8 Å². The van der Waals surface area contributed by atoms with E-state index in [1.165, 1.54) is 41.1 Å². The highest BCUT2D eigenvalue weighted by Gasteiger charge is 2.28. The second-order valence-electron chi connectivity index (χ2n) is 6.54. The molecule has 0 spiro atoms. The number of rotatable bonds is 3. The fraction of sp³-hybridized carbons (Fsp3) is 0.529. The quantitative estimate of drug-likeness (QED) is 0.941. The van der Waals surface area contributed by atoms with Crippen molar-refractivity contribution in [1.82, 2.24) is 19.9 Å². The molecule has 3 heterocycles. The summed E-state index contributed by atoms with van der Waals surface area (Å²) in [7, 11) is 0. The monoisotopic (exact) mass is 282 g/mol. The SMILES string of the molecule is Cc1cc(CN2CCc3nc(C4CC4)ncc3C2)c(C)[nH]1. The lowest BCUT2D eigenvalue weighted by atomic mass is 10.1. The van der Waals surface area contributed by atoms with Gasteiger partial charge in [-0.15, -0.1) is 0 Å². The average Bonchev–Trinajstić information content (AvgIpc) is 3.26. The van der Waals surface area contributed by atoms with E-state index < -0.39 is 0 Å². The van der Waals surface area contributed by atoms with Gasteiger partial charge in [0.15, 0.2) is 0 Å². The number of nitrogens with one attached hydrogen (secondary N) is 1. The number of aryl methyl sites for hydroxylation is 2. The van der Waals surface area contributed by atoms with Crippen molar-refractivity contribution in [2.75, 3.05) is 6.54 Å². The molecule has 0 radical (unpaired) electrons. The Labute approximate surface area is 125 Å². The Morgan fingerprint density at radius 3 is 2.90 bits per heavy atom. The lowest BCUT2D eigenvalue weighted by Crippen LogP contribution is -2.31. The van der Waals surface area contributed by atoms with Crippen molar-refractivity contribution >= 4 is 0 Å². The second kappa shape index (κ2) is 4.95. The molecule has 1 saturated carbocycles. The molecule has 0 bridgehead atoms. The molecule has 1 aliphatic heterocycles. The minimum absolute atomic E-state index is 0.652. The lowest BCUT2D eigenvalue weighted by Gasteiger charge is -2.28. The van der Waals surface area contributed by atoms with Crippen molar-refractivity contribution in [2.24, 2.45) is 0 Å². The molecule has 4 heteroatoms. The van der Waals surface area contributed by atoms with Crippen LogP contribution in [0.3, 0.4) is 0 Å². The van der Waals surface area contributed by atoms with E-state index in [1.807, 2.05) is 0 Å². The summed E-state index contributed by atoms with van der Waals surface area (Å²) in [6.07, 6.45) is 5.67. The van der Waals surface area contributed by atoms with Crippen molar-refractivity contribution in [3.63, 3.8) is 0 Å². The molecule has 4 nitrogen and oxygen atoms in total. The summed E-state index contributed by atoms with van der Waals surface area (Å²) in [5.74, 6) is 1.73.